The van der Waals surface area contributed by atoms with E-state index in [0.29, 0.717) is 0 Å². The van der Waals surface area contributed by atoms with E-state index in [0.717, 1.165) is 0 Å². The Kier molecular flexibility index (Phi) is 2.47. The minimum Gasteiger partial charge on any atom is -0.511 e. The molecule has 0 rings (SSSR count). The van der Waals surface area contributed by atoms with Gasteiger partial charge in [-0.05, 0) is 0 Å². The van der Waals surface area contributed by atoms with Crippen molar-refractivity contribution < 1.29 is 5.11 Å². The minimum atomic E-state index is -0.0431. The van der Waals surface area contributed by atoms with Gasteiger partial charge < -0.3 is 16.6 Å². The molecular weight excluding hydrogens is 106 g/mol. The highest BCUT2D eigenvalue weighted by atomic mass is 16.3. The van der Waals surface area contributed by atoms with E-state index >= 15 is 0 Å². The molecule has 0 radical (unpaired) electrons. The first-order chi connectivity index (χ1) is 3.63. The number of aliphatic imine (C=N–C) groups is 1. The summed E-state index contributed by atoms with van der Waals surface area (Å²) in [6.45, 7) is 3.25. The van der Waals surface area contributed by atoms with Gasteiger partial charge in [0, 0.05) is 0 Å². The largest absolute Gasteiger partial charge is 0.511 e. The van der Waals surface area contributed by atoms with E-state index < -0.39 is 0 Å². The highest BCUT2D eigenvalue weighted by Gasteiger charge is 1.82. The first kappa shape index (κ1) is 6.81. The molecule has 0 aromatic carbocycles. The van der Waals surface area contributed by atoms with Gasteiger partial charge in [-0.15, -0.1) is 0 Å². The van der Waals surface area contributed by atoms with Crippen LogP contribution in [0.1, 0.15) is 0 Å². The third kappa shape index (κ3) is 4.81. The number of guanidine groups is 1. The van der Waals surface area contributed by atoms with Crippen LogP contribution in [0.2, 0.25) is 0 Å². The summed E-state index contributed by atoms with van der Waals surface area (Å²) in [7, 11) is 0. The topological polar surface area (TPSA) is 84.6 Å². The van der Waals surface area contributed by atoms with Crippen molar-refractivity contribution in [3.63, 3.8) is 0 Å². The highest BCUT2D eigenvalue weighted by Crippen LogP contribution is 1.79. The maximum Gasteiger partial charge on any atom is 0.186 e. The molecule has 4 heteroatoms. The van der Waals surface area contributed by atoms with Crippen LogP contribution in [0.5, 0.6) is 0 Å². The van der Waals surface area contributed by atoms with Crippen LogP contribution in [0.4, 0.5) is 0 Å². The summed E-state index contributed by atoms with van der Waals surface area (Å²) in [4.78, 5) is 3.45. The van der Waals surface area contributed by atoms with Crippen LogP contribution < -0.4 is 11.5 Å². The number of aliphatic hydroxyl groups excluding tert-OH is 1. The molecule has 0 aliphatic carbocycles. The van der Waals surface area contributed by atoms with Crippen molar-refractivity contribution in [2.45, 2.75) is 0 Å². The van der Waals surface area contributed by atoms with Crippen LogP contribution >= 0.6 is 0 Å². The second-order valence-electron chi connectivity index (χ2n) is 1.31. The summed E-state index contributed by atoms with van der Waals surface area (Å²) in [5.41, 5.74) is 9.83. The second kappa shape index (κ2) is 2.90. The van der Waals surface area contributed by atoms with Crippen molar-refractivity contribution >= 4 is 5.96 Å². The molecule has 0 spiro atoms. The molecular formula is C4H9N3O. The van der Waals surface area contributed by atoms with E-state index in [2.05, 4.69) is 11.6 Å². The average molecular weight is 115 g/mol. The van der Waals surface area contributed by atoms with E-state index in [9.17, 15) is 0 Å². The van der Waals surface area contributed by atoms with Crippen LogP contribution in [0, 0.1) is 0 Å². The van der Waals surface area contributed by atoms with Crippen molar-refractivity contribution in [2.75, 3.05) is 6.54 Å². The molecule has 0 unspecified atom stereocenters. The van der Waals surface area contributed by atoms with Crippen molar-refractivity contribution in [1.29, 1.82) is 0 Å². The number of rotatable bonds is 2. The second-order valence-corrected chi connectivity index (χ2v) is 1.31. The first-order valence-electron chi connectivity index (χ1n) is 2.05. The smallest absolute Gasteiger partial charge is 0.186 e. The lowest BCUT2D eigenvalue weighted by Crippen LogP contribution is -2.23. The molecule has 8 heavy (non-hydrogen) atoms. The van der Waals surface area contributed by atoms with Crippen LogP contribution in [0.25, 0.3) is 0 Å². The lowest BCUT2D eigenvalue weighted by molar-refractivity contribution is 0.407. The monoisotopic (exact) mass is 115 g/mol. The summed E-state index contributed by atoms with van der Waals surface area (Å²) < 4.78 is 0. The summed E-state index contributed by atoms with van der Waals surface area (Å²) >= 11 is 0. The standard InChI is InChI=1S/C4H9N3O/c1-3(8)2-7-4(5)6/h8H,1-2H2,(H4,5,6,7). The van der Waals surface area contributed by atoms with Gasteiger partial charge in [-0.25, -0.2) is 4.99 Å². The molecule has 0 aliphatic heterocycles. The van der Waals surface area contributed by atoms with Gasteiger partial charge in [-0.1, -0.05) is 6.58 Å². The van der Waals surface area contributed by atoms with E-state index in [1.54, 1.807) is 0 Å². The quantitative estimate of drug-likeness (QED) is 0.253. The normalized spacial score (nSPS) is 8.00. The molecule has 0 aliphatic rings. The Morgan fingerprint density at radius 3 is 2.25 bits per heavy atom. The molecule has 0 aromatic heterocycles. The molecule has 0 amide bonds. The molecule has 0 heterocycles. The van der Waals surface area contributed by atoms with E-state index in [1.807, 2.05) is 0 Å². The SMILES string of the molecule is C=C(O)CN=C(N)N. The van der Waals surface area contributed by atoms with Crippen LogP contribution in [0.15, 0.2) is 17.3 Å². The van der Waals surface area contributed by atoms with E-state index in [-0.39, 0.29) is 18.3 Å². The summed E-state index contributed by atoms with van der Waals surface area (Å²) in [5, 5.41) is 8.39. The summed E-state index contributed by atoms with van der Waals surface area (Å²) in [6.07, 6.45) is 0. The van der Waals surface area contributed by atoms with Crippen molar-refractivity contribution in [3.8, 4) is 0 Å². The van der Waals surface area contributed by atoms with Gasteiger partial charge in [-0.3, -0.25) is 0 Å². The molecule has 0 fully saturated rings. The van der Waals surface area contributed by atoms with Gasteiger partial charge in [-0.2, -0.15) is 0 Å². The minimum absolute atomic E-state index is 0.0415. The van der Waals surface area contributed by atoms with E-state index in [4.69, 9.17) is 16.6 Å². The third-order valence-electron chi connectivity index (χ3n) is 0.444. The molecule has 5 N–H and O–H groups in total. The number of hydrogen-bond acceptors (Lipinski definition) is 2. The number of nitrogens with zero attached hydrogens (tertiary/aromatic N) is 1. The highest BCUT2D eigenvalue weighted by molar-refractivity contribution is 5.75. The zero-order valence-electron chi connectivity index (χ0n) is 4.46. The molecule has 0 bridgehead atoms. The van der Waals surface area contributed by atoms with Gasteiger partial charge in [0.1, 0.15) is 5.76 Å². The van der Waals surface area contributed by atoms with Gasteiger partial charge >= 0.3 is 0 Å². The first-order valence-corrected chi connectivity index (χ1v) is 2.05. The summed E-state index contributed by atoms with van der Waals surface area (Å²) in [6, 6.07) is 0. The van der Waals surface area contributed by atoms with Crippen LogP contribution in [-0.2, 0) is 0 Å². The average Bonchev–Trinajstić information content (AvgIpc) is 1.61. The molecule has 4 nitrogen and oxygen atoms in total. The Morgan fingerprint density at radius 2 is 2.12 bits per heavy atom. The van der Waals surface area contributed by atoms with Gasteiger partial charge in [0.25, 0.3) is 0 Å². The van der Waals surface area contributed by atoms with Gasteiger partial charge in [0.05, 0.1) is 6.54 Å². The molecule has 0 atom stereocenters. The maximum atomic E-state index is 8.39. The summed E-state index contributed by atoms with van der Waals surface area (Å²) in [5.74, 6) is -0.0846. The maximum absolute atomic E-state index is 8.39. The van der Waals surface area contributed by atoms with Crippen molar-refractivity contribution in [3.05, 3.63) is 12.3 Å². The molecule has 46 valence electrons. The van der Waals surface area contributed by atoms with Crippen molar-refractivity contribution in [1.82, 2.24) is 0 Å². The Morgan fingerprint density at radius 1 is 1.62 bits per heavy atom. The fourth-order valence-corrected chi connectivity index (χ4v) is 0.183. The zero-order valence-corrected chi connectivity index (χ0v) is 4.46. The Balaban J connectivity index is 3.45. The molecule has 0 saturated carbocycles. The van der Waals surface area contributed by atoms with Gasteiger partial charge in [0.15, 0.2) is 5.96 Å². The van der Waals surface area contributed by atoms with Crippen LogP contribution in [-0.4, -0.2) is 17.6 Å². The Hall–Kier alpha value is -1.19. The lowest BCUT2D eigenvalue weighted by atomic mass is 10.6. The number of aliphatic hydroxyl groups is 1. The fourth-order valence-electron chi connectivity index (χ4n) is 0.183. The predicted octanol–water partition coefficient (Wildman–Crippen LogP) is -0.668. The number of hydrogen-bond donors (Lipinski definition) is 3. The van der Waals surface area contributed by atoms with Crippen LogP contribution in [0.3, 0.4) is 0 Å². The van der Waals surface area contributed by atoms with E-state index in [1.165, 1.54) is 0 Å². The van der Waals surface area contributed by atoms with Gasteiger partial charge in [0.2, 0.25) is 0 Å². The van der Waals surface area contributed by atoms with Crippen molar-refractivity contribution in [2.24, 2.45) is 16.5 Å². The Labute approximate surface area is 47.5 Å². The lowest BCUT2D eigenvalue weighted by Gasteiger charge is -1.89. The number of nitrogens with two attached hydrogens (primary N) is 2. The fraction of sp³-hybridized carbons (Fsp3) is 0.250. The molecule has 0 saturated heterocycles. The Bertz CT molecular complexity index is 114. The molecule has 0 aromatic rings. The third-order valence-corrected chi connectivity index (χ3v) is 0.444. The predicted molar refractivity (Wildman–Crippen MR) is 32.4 cm³/mol. The zero-order chi connectivity index (χ0) is 6.57.